The first-order valence-electron chi connectivity index (χ1n) is 8.39. The van der Waals surface area contributed by atoms with E-state index in [-0.39, 0.29) is 12.0 Å². The zero-order valence-corrected chi connectivity index (χ0v) is 18.0. The van der Waals surface area contributed by atoms with Gasteiger partial charge in [-0.2, -0.15) is 0 Å². The summed E-state index contributed by atoms with van der Waals surface area (Å²) < 4.78 is 17.0. The van der Waals surface area contributed by atoms with Crippen LogP contribution < -0.4 is 0 Å². The van der Waals surface area contributed by atoms with Crippen LogP contribution in [0.2, 0.25) is 29.7 Å². The summed E-state index contributed by atoms with van der Waals surface area (Å²) in [4.78, 5) is 14.8. The molecule has 0 radical (unpaired) electrons. The van der Waals surface area contributed by atoms with Crippen LogP contribution in [-0.4, -0.2) is 45.2 Å². The Hall–Kier alpha value is -1.05. The highest BCUT2D eigenvalue weighted by Gasteiger charge is 2.74. The molecule has 0 aromatic heterocycles. The maximum atomic E-state index is 12.8. The van der Waals surface area contributed by atoms with E-state index in [4.69, 9.17) is 37.1 Å². The Balaban J connectivity index is 2.07. The summed E-state index contributed by atoms with van der Waals surface area (Å²) in [6, 6.07) is 4.99. The standard InChI is InChI=1S/C18H23Cl2NO4Si/c1-23-14-9-11(25-26(3,4)5)10-18(17(22)24-2)16(21(14)18)15-12(19)7-6-8-13(15)20/h6-9,14,16H,10H2,1-5H3/t14-,16-,18-,21?/m0/s1. The third kappa shape index (κ3) is 3.18. The number of methoxy groups -OCH3 is 2. The quantitative estimate of drug-likeness (QED) is 0.405. The molecule has 1 aromatic rings. The van der Waals surface area contributed by atoms with Crippen molar-refractivity contribution < 1.29 is 18.7 Å². The van der Waals surface area contributed by atoms with Crippen molar-refractivity contribution in [2.24, 2.45) is 0 Å². The van der Waals surface area contributed by atoms with E-state index >= 15 is 0 Å². The molecule has 3 rings (SSSR count). The molecule has 0 amide bonds. The molecule has 0 aliphatic carbocycles. The number of fused-ring (bicyclic) bond motifs is 1. The van der Waals surface area contributed by atoms with Gasteiger partial charge in [0.05, 0.1) is 18.9 Å². The molecule has 1 unspecified atom stereocenters. The van der Waals surface area contributed by atoms with Gasteiger partial charge >= 0.3 is 5.97 Å². The Morgan fingerprint density at radius 3 is 2.35 bits per heavy atom. The van der Waals surface area contributed by atoms with Crippen LogP contribution in [0.3, 0.4) is 0 Å². The SMILES string of the molecule is COC(=O)[C@@]12CC(O[Si](C)(C)C)=C[C@H](OC)N1[C@H]2c1c(Cl)cccc1Cl. The van der Waals surface area contributed by atoms with Crippen LogP contribution in [0, 0.1) is 0 Å². The molecule has 2 aliphatic heterocycles. The summed E-state index contributed by atoms with van der Waals surface area (Å²) >= 11 is 12.9. The molecule has 0 bridgehead atoms. The average Bonchev–Trinajstić information content (AvgIpc) is 3.21. The first-order valence-corrected chi connectivity index (χ1v) is 12.6. The van der Waals surface area contributed by atoms with Crippen LogP contribution in [0.4, 0.5) is 0 Å². The van der Waals surface area contributed by atoms with Crippen LogP contribution >= 0.6 is 23.2 Å². The molecule has 2 heterocycles. The van der Waals surface area contributed by atoms with Crippen LogP contribution in [0.1, 0.15) is 18.0 Å². The van der Waals surface area contributed by atoms with E-state index in [1.165, 1.54) is 7.11 Å². The Kier molecular flexibility index (Phi) is 5.18. The lowest BCUT2D eigenvalue weighted by molar-refractivity contribution is -0.147. The van der Waals surface area contributed by atoms with Gasteiger partial charge in [0, 0.05) is 29.1 Å². The van der Waals surface area contributed by atoms with Gasteiger partial charge in [0.15, 0.2) is 0 Å². The summed E-state index contributed by atoms with van der Waals surface area (Å²) in [5.41, 5.74) is -0.209. The van der Waals surface area contributed by atoms with Crippen molar-refractivity contribution in [3.63, 3.8) is 0 Å². The van der Waals surface area contributed by atoms with Crippen molar-refractivity contribution in [1.29, 1.82) is 0 Å². The van der Waals surface area contributed by atoms with Gasteiger partial charge in [-0.05, 0) is 37.8 Å². The number of nitrogens with zero attached hydrogens (tertiary/aromatic N) is 1. The second kappa shape index (κ2) is 6.84. The van der Waals surface area contributed by atoms with Gasteiger partial charge in [-0.3, -0.25) is 0 Å². The van der Waals surface area contributed by atoms with Crippen LogP contribution in [0.5, 0.6) is 0 Å². The van der Waals surface area contributed by atoms with E-state index in [1.54, 1.807) is 25.3 Å². The lowest BCUT2D eigenvalue weighted by Gasteiger charge is -2.30. The molecule has 0 spiro atoms. The molecule has 5 nitrogen and oxygen atoms in total. The summed E-state index contributed by atoms with van der Waals surface area (Å²) in [6.07, 6.45) is 1.90. The number of carbonyl (C=O) groups excluding carboxylic acids is 1. The smallest absolute Gasteiger partial charge is 0.328 e. The van der Waals surface area contributed by atoms with E-state index in [2.05, 4.69) is 19.6 Å². The highest BCUT2D eigenvalue weighted by molar-refractivity contribution is 6.70. The van der Waals surface area contributed by atoms with Gasteiger partial charge in [0.25, 0.3) is 0 Å². The number of benzene rings is 1. The van der Waals surface area contributed by atoms with Crippen molar-refractivity contribution in [1.82, 2.24) is 4.90 Å². The molecule has 2 aliphatic rings. The van der Waals surface area contributed by atoms with E-state index in [9.17, 15) is 4.79 Å². The zero-order valence-electron chi connectivity index (χ0n) is 15.5. The molecule has 142 valence electrons. The molecule has 8 heteroatoms. The fourth-order valence-electron chi connectivity index (χ4n) is 3.74. The number of carbonyl (C=O) groups is 1. The first-order chi connectivity index (χ1) is 12.2. The van der Waals surface area contributed by atoms with Crippen LogP contribution in [0.15, 0.2) is 30.0 Å². The second-order valence-electron chi connectivity index (χ2n) is 7.51. The van der Waals surface area contributed by atoms with Gasteiger partial charge in [0.1, 0.15) is 11.8 Å². The predicted molar refractivity (Wildman–Crippen MR) is 104 cm³/mol. The molecule has 0 N–H and O–H groups in total. The number of halogens is 2. The van der Waals surface area contributed by atoms with Gasteiger partial charge in [-0.25, -0.2) is 9.69 Å². The Morgan fingerprint density at radius 1 is 1.23 bits per heavy atom. The number of hydrogen-bond donors (Lipinski definition) is 0. The van der Waals surface area contributed by atoms with Crippen LogP contribution in [-0.2, 0) is 18.7 Å². The molecular formula is C18H23Cl2NO4Si. The third-order valence-electron chi connectivity index (χ3n) is 4.66. The zero-order chi connectivity index (χ0) is 19.3. The van der Waals surface area contributed by atoms with Gasteiger partial charge < -0.3 is 13.9 Å². The average molecular weight is 416 g/mol. The number of hydrogen-bond acceptors (Lipinski definition) is 5. The normalized spacial score (nSPS) is 30.3. The van der Waals surface area contributed by atoms with Gasteiger partial charge in [-0.15, -0.1) is 0 Å². The highest BCUT2D eigenvalue weighted by atomic mass is 35.5. The van der Waals surface area contributed by atoms with Crippen molar-refractivity contribution in [3.8, 4) is 0 Å². The maximum Gasteiger partial charge on any atom is 0.328 e. The monoisotopic (exact) mass is 415 g/mol. The van der Waals surface area contributed by atoms with E-state index in [0.717, 1.165) is 5.76 Å². The van der Waals surface area contributed by atoms with Crippen LogP contribution in [0.25, 0.3) is 0 Å². The summed E-state index contributed by atoms with van der Waals surface area (Å²) in [7, 11) is 1.14. The maximum absolute atomic E-state index is 12.8. The fraction of sp³-hybridized carbons (Fsp3) is 0.500. The molecule has 4 atom stereocenters. The van der Waals surface area contributed by atoms with E-state index in [0.29, 0.717) is 22.0 Å². The highest BCUT2D eigenvalue weighted by Crippen LogP contribution is 2.63. The molecule has 1 saturated heterocycles. The minimum Gasteiger partial charge on any atom is -0.547 e. The van der Waals surface area contributed by atoms with Crippen molar-refractivity contribution in [3.05, 3.63) is 45.6 Å². The van der Waals surface area contributed by atoms with Crippen molar-refractivity contribution in [2.45, 2.75) is 43.9 Å². The Morgan fingerprint density at radius 2 is 1.85 bits per heavy atom. The molecule has 1 aromatic carbocycles. The molecular weight excluding hydrogens is 393 g/mol. The number of rotatable bonds is 5. The van der Waals surface area contributed by atoms with Gasteiger partial charge in [-0.1, -0.05) is 29.3 Å². The summed E-state index contributed by atoms with van der Waals surface area (Å²) in [5, 5.41) is 1.03. The molecule has 0 saturated carbocycles. The second-order valence-corrected chi connectivity index (χ2v) is 12.8. The Labute approximate surface area is 164 Å². The number of esters is 1. The Bertz CT molecular complexity index is 744. The van der Waals surface area contributed by atoms with Gasteiger partial charge in [0.2, 0.25) is 8.32 Å². The van der Waals surface area contributed by atoms with Crippen molar-refractivity contribution >= 4 is 37.5 Å². The molecule has 1 fully saturated rings. The minimum absolute atomic E-state index is 0.333. The van der Waals surface area contributed by atoms with Crippen molar-refractivity contribution in [2.75, 3.05) is 14.2 Å². The summed E-state index contributed by atoms with van der Waals surface area (Å²) in [5.74, 6) is 0.411. The lowest BCUT2D eigenvalue weighted by Crippen LogP contribution is -2.40. The summed E-state index contributed by atoms with van der Waals surface area (Å²) in [6.45, 7) is 6.30. The first kappa shape index (κ1) is 19.7. The fourth-order valence-corrected chi connectivity index (χ4v) is 5.27. The van der Waals surface area contributed by atoms with E-state index in [1.807, 2.05) is 11.0 Å². The third-order valence-corrected chi connectivity index (χ3v) is 6.19. The predicted octanol–water partition coefficient (Wildman–Crippen LogP) is 4.37. The largest absolute Gasteiger partial charge is 0.547 e. The number of ether oxygens (including phenoxy) is 2. The minimum atomic E-state index is -1.85. The lowest BCUT2D eigenvalue weighted by atomic mass is 9.94. The van der Waals surface area contributed by atoms with E-state index < -0.39 is 20.1 Å². The topological polar surface area (TPSA) is 47.8 Å². The molecule has 26 heavy (non-hydrogen) atoms.